The molecule has 0 bridgehead atoms. The van der Waals surface area contributed by atoms with Crippen LogP contribution >= 0.6 is 0 Å². The molecule has 1 aliphatic heterocycles. The average Bonchev–Trinajstić information content (AvgIpc) is 3.29. The molecule has 0 unspecified atom stereocenters. The normalized spacial score (nSPS) is 15.3. The van der Waals surface area contributed by atoms with E-state index in [1.807, 2.05) is 54.6 Å². The lowest BCUT2D eigenvalue weighted by atomic mass is 9.98. The Hall–Kier alpha value is -4.00. The SMILES string of the molecule is COc1ccc([C@H]2CC(c3ccccc3)=NN2C(=O)COC(=O)c2ccncc2)cc1. The Bertz CT molecular complexity index is 1080. The molecule has 1 atom stereocenters. The Balaban J connectivity index is 1.54. The summed E-state index contributed by atoms with van der Waals surface area (Å²) in [6.45, 7) is -0.403. The van der Waals surface area contributed by atoms with Gasteiger partial charge in [0.25, 0.3) is 5.91 Å². The number of pyridine rings is 1. The van der Waals surface area contributed by atoms with Crippen molar-refractivity contribution in [1.82, 2.24) is 9.99 Å². The third-order valence-electron chi connectivity index (χ3n) is 5.02. The van der Waals surface area contributed by atoms with Gasteiger partial charge in [-0.25, -0.2) is 9.80 Å². The third-order valence-corrected chi connectivity index (χ3v) is 5.02. The largest absolute Gasteiger partial charge is 0.497 e. The van der Waals surface area contributed by atoms with Crippen molar-refractivity contribution in [1.29, 1.82) is 0 Å². The van der Waals surface area contributed by atoms with E-state index in [-0.39, 0.29) is 6.04 Å². The maximum absolute atomic E-state index is 13.0. The lowest BCUT2D eigenvalue weighted by Gasteiger charge is -2.22. The van der Waals surface area contributed by atoms with Crippen molar-refractivity contribution in [2.75, 3.05) is 13.7 Å². The number of rotatable bonds is 6. The van der Waals surface area contributed by atoms with E-state index in [9.17, 15) is 9.59 Å². The highest BCUT2D eigenvalue weighted by molar-refractivity contribution is 6.03. The topological polar surface area (TPSA) is 81.1 Å². The summed E-state index contributed by atoms with van der Waals surface area (Å²) in [5.41, 5.74) is 3.01. The molecule has 7 nitrogen and oxygen atoms in total. The Kier molecular flexibility index (Phi) is 6.03. The van der Waals surface area contributed by atoms with Gasteiger partial charge >= 0.3 is 5.97 Å². The maximum atomic E-state index is 13.0. The fourth-order valence-electron chi connectivity index (χ4n) is 3.40. The third kappa shape index (κ3) is 4.61. The van der Waals surface area contributed by atoms with E-state index in [4.69, 9.17) is 9.47 Å². The molecule has 2 aromatic carbocycles. The number of ether oxygens (including phenoxy) is 2. The zero-order chi connectivity index (χ0) is 21.6. The molecule has 7 heteroatoms. The molecular weight excluding hydrogens is 394 g/mol. The second-order valence-electron chi connectivity index (χ2n) is 6.96. The standard InChI is InChI=1S/C24H21N3O4/c1-30-20-9-7-18(8-10-20)22-15-21(17-5-3-2-4-6-17)26-27(22)23(28)16-31-24(29)19-11-13-25-14-12-19/h2-14,22H,15-16H2,1H3/t22-/m1/s1. The van der Waals surface area contributed by atoms with Gasteiger partial charge in [-0.15, -0.1) is 0 Å². The maximum Gasteiger partial charge on any atom is 0.338 e. The van der Waals surface area contributed by atoms with Crippen molar-refractivity contribution in [2.45, 2.75) is 12.5 Å². The minimum Gasteiger partial charge on any atom is -0.497 e. The van der Waals surface area contributed by atoms with Crippen LogP contribution in [-0.4, -0.2) is 41.3 Å². The Morgan fingerprint density at radius 2 is 1.71 bits per heavy atom. The van der Waals surface area contributed by atoms with Crippen molar-refractivity contribution < 1.29 is 19.1 Å². The van der Waals surface area contributed by atoms with Crippen molar-refractivity contribution in [2.24, 2.45) is 5.10 Å². The molecular formula is C24H21N3O4. The molecule has 0 saturated carbocycles. The van der Waals surface area contributed by atoms with Gasteiger partial charge in [-0.3, -0.25) is 9.78 Å². The van der Waals surface area contributed by atoms with E-state index >= 15 is 0 Å². The van der Waals surface area contributed by atoms with Crippen LogP contribution in [0.3, 0.4) is 0 Å². The number of amides is 1. The van der Waals surface area contributed by atoms with Gasteiger partial charge in [0.1, 0.15) is 5.75 Å². The van der Waals surface area contributed by atoms with Crippen molar-refractivity contribution >= 4 is 17.6 Å². The Morgan fingerprint density at radius 3 is 2.39 bits per heavy atom. The number of carbonyl (C=O) groups is 2. The van der Waals surface area contributed by atoms with Gasteiger partial charge in [0.15, 0.2) is 6.61 Å². The number of nitrogens with zero attached hydrogens (tertiary/aromatic N) is 3. The van der Waals surface area contributed by atoms with E-state index in [0.29, 0.717) is 12.0 Å². The van der Waals surface area contributed by atoms with Crippen LogP contribution in [0, 0.1) is 0 Å². The van der Waals surface area contributed by atoms with Gasteiger partial charge in [-0.1, -0.05) is 42.5 Å². The second kappa shape index (κ2) is 9.21. The smallest absolute Gasteiger partial charge is 0.338 e. The van der Waals surface area contributed by atoms with Gasteiger partial charge in [-0.05, 0) is 35.4 Å². The first-order valence-electron chi connectivity index (χ1n) is 9.82. The molecule has 2 heterocycles. The number of methoxy groups -OCH3 is 1. The van der Waals surface area contributed by atoms with Gasteiger partial charge in [-0.2, -0.15) is 5.10 Å². The number of aromatic nitrogens is 1. The molecule has 4 rings (SSSR count). The van der Waals surface area contributed by atoms with E-state index in [1.165, 1.54) is 29.5 Å². The summed E-state index contributed by atoms with van der Waals surface area (Å²) in [5, 5.41) is 5.98. The Morgan fingerprint density at radius 1 is 1.00 bits per heavy atom. The number of carbonyl (C=O) groups excluding carboxylic acids is 2. The van der Waals surface area contributed by atoms with Gasteiger partial charge in [0.2, 0.25) is 0 Å². The van der Waals surface area contributed by atoms with E-state index < -0.39 is 18.5 Å². The summed E-state index contributed by atoms with van der Waals surface area (Å²) in [4.78, 5) is 29.0. The number of benzene rings is 2. The van der Waals surface area contributed by atoms with E-state index in [2.05, 4.69) is 10.1 Å². The van der Waals surface area contributed by atoms with Crippen LogP contribution in [0.25, 0.3) is 0 Å². The van der Waals surface area contributed by atoms with E-state index in [1.54, 1.807) is 7.11 Å². The van der Waals surface area contributed by atoms with Gasteiger partial charge in [0.05, 0.1) is 24.4 Å². The van der Waals surface area contributed by atoms with Crippen LogP contribution in [-0.2, 0) is 9.53 Å². The molecule has 0 spiro atoms. The number of hydrogen-bond donors (Lipinski definition) is 0. The molecule has 0 N–H and O–H groups in total. The second-order valence-corrected chi connectivity index (χ2v) is 6.96. The monoisotopic (exact) mass is 415 g/mol. The van der Waals surface area contributed by atoms with Crippen molar-refractivity contribution in [3.05, 3.63) is 95.8 Å². The van der Waals surface area contributed by atoms with Crippen molar-refractivity contribution in [3.63, 3.8) is 0 Å². The van der Waals surface area contributed by atoms with Crippen LogP contribution in [0.15, 0.2) is 84.2 Å². The van der Waals surface area contributed by atoms with Crippen LogP contribution < -0.4 is 4.74 Å². The summed E-state index contributed by atoms with van der Waals surface area (Å²) in [6.07, 6.45) is 3.55. The van der Waals surface area contributed by atoms with Crippen LogP contribution in [0.1, 0.15) is 33.9 Å². The Labute approximate surface area is 179 Å². The molecule has 1 aliphatic rings. The van der Waals surface area contributed by atoms with Crippen molar-refractivity contribution in [3.8, 4) is 5.75 Å². The number of esters is 1. The molecule has 3 aromatic rings. The highest BCUT2D eigenvalue weighted by Crippen LogP contribution is 2.33. The molecule has 31 heavy (non-hydrogen) atoms. The van der Waals surface area contributed by atoms with E-state index in [0.717, 1.165) is 22.6 Å². The van der Waals surface area contributed by atoms with Crippen LogP contribution in [0.2, 0.25) is 0 Å². The molecule has 156 valence electrons. The summed E-state index contributed by atoms with van der Waals surface area (Å²) in [6, 6.07) is 20.0. The quantitative estimate of drug-likeness (QED) is 0.575. The molecule has 0 aliphatic carbocycles. The molecule has 1 amide bonds. The highest BCUT2D eigenvalue weighted by Gasteiger charge is 2.33. The minimum absolute atomic E-state index is 0.298. The summed E-state index contributed by atoms with van der Waals surface area (Å²) < 4.78 is 10.4. The number of hydrogen-bond acceptors (Lipinski definition) is 6. The zero-order valence-electron chi connectivity index (χ0n) is 17.0. The fourth-order valence-corrected chi connectivity index (χ4v) is 3.40. The molecule has 0 radical (unpaired) electrons. The highest BCUT2D eigenvalue weighted by atomic mass is 16.5. The predicted molar refractivity (Wildman–Crippen MR) is 115 cm³/mol. The van der Waals surface area contributed by atoms with Crippen LogP contribution in [0.5, 0.6) is 5.75 Å². The first kappa shape index (κ1) is 20.3. The molecule has 0 saturated heterocycles. The summed E-state index contributed by atoms with van der Waals surface area (Å²) in [5.74, 6) is -0.243. The number of hydrazone groups is 1. The summed E-state index contributed by atoms with van der Waals surface area (Å²) >= 11 is 0. The lowest BCUT2D eigenvalue weighted by molar-refractivity contribution is -0.136. The van der Waals surface area contributed by atoms with Crippen LogP contribution in [0.4, 0.5) is 0 Å². The minimum atomic E-state index is -0.580. The summed E-state index contributed by atoms with van der Waals surface area (Å²) in [7, 11) is 1.61. The first-order chi connectivity index (χ1) is 15.2. The average molecular weight is 415 g/mol. The fraction of sp³-hybridized carbons (Fsp3) is 0.167. The predicted octanol–water partition coefficient (Wildman–Crippen LogP) is 3.62. The molecule has 1 aromatic heterocycles. The molecule has 0 fully saturated rings. The lowest BCUT2D eigenvalue weighted by Crippen LogP contribution is -2.31. The van der Waals surface area contributed by atoms with Gasteiger partial charge in [0, 0.05) is 18.8 Å². The van der Waals surface area contributed by atoms with Gasteiger partial charge < -0.3 is 9.47 Å². The first-order valence-corrected chi connectivity index (χ1v) is 9.82. The zero-order valence-corrected chi connectivity index (χ0v) is 17.0.